The van der Waals surface area contributed by atoms with Crippen LogP contribution in [0.2, 0.25) is 0 Å². The van der Waals surface area contributed by atoms with Crippen LogP contribution in [0, 0.1) is 0 Å². The molecule has 0 atom stereocenters. The highest BCUT2D eigenvalue weighted by molar-refractivity contribution is 7.10. The van der Waals surface area contributed by atoms with Gasteiger partial charge in [0, 0.05) is 43.8 Å². The zero-order chi connectivity index (χ0) is 17.0. The van der Waals surface area contributed by atoms with E-state index in [-0.39, 0.29) is 11.5 Å². The summed E-state index contributed by atoms with van der Waals surface area (Å²) in [5.41, 5.74) is 2.68. The zero-order valence-corrected chi connectivity index (χ0v) is 15.0. The van der Waals surface area contributed by atoms with Crippen LogP contribution in [-0.2, 0) is 23.8 Å². The van der Waals surface area contributed by atoms with Crippen molar-refractivity contribution < 1.29 is 9.53 Å². The fourth-order valence-electron chi connectivity index (χ4n) is 4.21. The predicted molar refractivity (Wildman–Crippen MR) is 95.0 cm³/mol. The van der Waals surface area contributed by atoms with Crippen LogP contribution in [0.3, 0.4) is 0 Å². The quantitative estimate of drug-likeness (QED) is 0.673. The Morgan fingerprint density at radius 3 is 3.00 bits per heavy atom. The molecule has 0 radical (unpaired) electrons. The lowest BCUT2D eigenvalue weighted by atomic mass is 9.82. The maximum Gasteiger partial charge on any atom is 0.259 e. The monoisotopic (exact) mass is 356 g/mol. The Balaban J connectivity index is 1.39. The number of aryl methyl sites for hydroxylation is 1. The lowest BCUT2D eigenvalue weighted by Gasteiger charge is -2.44. The van der Waals surface area contributed by atoms with Crippen LogP contribution >= 0.6 is 11.3 Å². The minimum atomic E-state index is -0.191. The molecule has 1 amide bonds. The molecule has 1 saturated heterocycles. The van der Waals surface area contributed by atoms with Gasteiger partial charge >= 0.3 is 0 Å². The third kappa shape index (κ3) is 2.19. The third-order valence-electron chi connectivity index (χ3n) is 5.57. The standard InChI is InChI=1S/C18H20N4O2S/c1-20-8-9-22-16(20)13(12-19-22)17(23)21-6-4-18(5-7-21)14-3-11-25-15(14)2-10-24-18/h3,8-9,11-12H,2,4-7,10H2,1H3. The summed E-state index contributed by atoms with van der Waals surface area (Å²) in [5.74, 6) is 0.0630. The van der Waals surface area contributed by atoms with Crippen molar-refractivity contribution in [2.24, 2.45) is 7.05 Å². The molecule has 7 heteroatoms. The number of piperidine rings is 1. The lowest BCUT2D eigenvalue weighted by Crippen LogP contribution is -2.48. The average Bonchev–Trinajstić information content (AvgIpc) is 3.34. The van der Waals surface area contributed by atoms with Crippen LogP contribution in [0.4, 0.5) is 0 Å². The summed E-state index contributed by atoms with van der Waals surface area (Å²) >= 11 is 1.83. The van der Waals surface area contributed by atoms with E-state index in [0.717, 1.165) is 44.6 Å². The molecule has 0 aromatic carbocycles. The molecule has 0 saturated carbocycles. The maximum absolute atomic E-state index is 13.0. The molecule has 1 fully saturated rings. The summed E-state index contributed by atoms with van der Waals surface area (Å²) in [6, 6.07) is 2.21. The van der Waals surface area contributed by atoms with Crippen LogP contribution < -0.4 is 0 Å². The minimum Gasteiger partial charge on any atom is -0.370 e. The Kier molecular flexibility index (Phi) is 3.30. The predicted octanol–water partition coefficient (Wildman–Crippen LogP) is 2.44. The van der Waals surface area contributed by atoms with Crippen molar-refractivity contribution in [3.63, 3.8) is 0 Å². The smallest absolute Gasteiger partial charge is 0.259 e. The van der Waals surface area contributed by atoms with Gasteiger partial charge in [0.2, 0.25) is 0 Å². The lowest BCUT2D eigenvalue weighted by molar-refractivity contribution is -0.0926. The van der Waals surface area contributed by atoms with Crippen LogP contribution in [0.1, 0.15) is 33.6 Å². The Bertz CT molecular complexity index is 945. The number of nitrogens with zero attached hydrogens (tertiary/aromatic N) is 4. The van der Waals surface area contributed by atoms with Crippen LogP contribution in [0.5, 0.6) is 0 Å². The van der Waals surface area contributed by atoms with E-state index in [4.69, 9.17) is 4.74 Å². The number of hydrogen-bond acceptors (Lipinski definition) is 4. The van der Waals surface area contributed by atoms with Gasteiger partial charge in [0.15, 0.2) is 0 Å². The van der Waals surface area contributed by atoms with E-state index in [1.807, 2.05) is 40.2 Å². The van der Waals surface area contributed by atoms with Crippen LogP contribution in [-0.4, -0.2) is 44.7 Å². The summed E-state index contributed by atoms with van der Waals surface area (Å²) in [6.07, 6.45) is 8.19. The second-order valence-corrected chi connectivity index (χ2v) is 7.88. The molecule has 5 heterocycles. The first-order chi connectivity index (χ1) is 12.2. The third-order valence-corrected chi connectivity index (χ3v) is 6.55. The van der Waals surface area contributed by atoms with Gasteiger partial charge in [-0.2, -0.15) is 5.10 Å². The summed E-state index contributed by atoms with van der Waals surface area (Å²) in [7, 11) is 1.94. The fourth-order valence-corrected chi connectivity index (χ4v) is 5.16. The Labute approximate surface area is 149 Å². The van der Waals surface area contributed by atoms with Crippen molar-refractivity contribution in [3.05, 3.63) is 46.0 Å². The van der Waals surface area contributed by atoms with Gasteiger partial charge in [-0.3, -0.25) is 4.79 Å². The number of fused-ring (bicyclic) bond motifs is 3. The summed E-state index contributed by atoms with van der Waals surface area (Å²) in [4.78, 5) is 16.4. The molecule has 2 aliphatic heterocycles. The van der Waals surface area contributed by atoms with Crippen LogP contribution in [0.15, 0.2) is 30.0 Å². The number of aromatic nitrogens is 3. The van der Waals surface area contributed by atoms with Crippen molar-refractivity contribution in [2.75, 3.05) is 19.7 Å². The molecule has 0 unspecified atom stereocenters. The number of hydrogen-bond donors (Lipinski definition) is 0. The second kappa shape index (κ2) is 5.44. The molecule has 3 aromatic heterocycles. The summed E-state index contributed by atoms with van der Waals surface area (Å²) in [6.45, 7) is 2.22. The van der Waals surface area contributed by atoms with Crippen molar-refractivity contribution in [1.82, 2.24) is 19.1 Å². The molecule has 0 bridgehead atoms. The van der Waals surface area contributed by atoms with Gasteiger partial charge in [0.05, 0.1) is 18.4 Å². The number of carbonyl (C=O) groups excluding carboxylic acids is 1. The number of ether oxygens (including phenoxy) is 1. The summed E-state index contributed by atoms with van der Waals surface area (Å²) < 4.78 is 9.92. The molecule has 6 nitrogen and oxygen atoms in total. The van der Waals surface area contributed by atoms with Gasteiger partial charge < -0.3 is 14.2 Å². The maximum atomic E-state index is 13.0. The van der Waals surface area contributed by atoms with E-state index in [1.165, 1.54) is 10.4 Å². The SMILES string of the molecule is Cn1ccn2ncc(C(=O)N3CCC4(CC3)OCCc3sccc34)c12. The van der Waals surface area contributed by atoms with Crippen LogP contribution in [0.25, 0.3) is 5.65 Å². The van der Waals surface area contributed by atoms with Gasteiger partial charge in [-0.1, -0.05) is 0 Å². The largest absolute Gasteiger partial charge is 0.370 e. The molecular formula is C18H20N4O2S. The van der Waals surface area contributed by atoms with Gasteiger partial charge in [-0.15, -0.1) is 11.3 Å². The average molecular weight is 356 g/mol. The minimum absolute atomic E-state index is 0.0630. The molecular weight excluding hydrogens is 336 g/mol. The highest BCUT2D eigenvalue weighted by atomic mass is 32.1. The van der Waals surface area contributed by atoms with Crippen molar-refractivity contribution >= 4 is 22.9 Å². The number of rotatable bonds is 1. The number of likely N-dealkylation sites (tertiary alicyclic amines) is 1. The van der Waals surface area contributed by atoms with E-state index in [2.05, 4.69) is 16.5 Å². The molecule has 25 heavy (non-hydrogen) atoms. The first kappa shape index (κ1) is 15.2. The van der Waals surface area contributed by atoms with E-state index in [9.17, 15) is 4.79 Å². The van der Waals surface area contributed by atoms with E-state index < -0.39 is 0 Å². The van der Waals surface area contributed by atoms with Crippen molar-refractivity contribution in [3.8, 4) is 0 Å². The highest BCUT2D eigenvalue weighted by Crippen LogP contribution is 2.43. The number of carbonyl (C=O) groups is 1. The van der Waals surface area contributed by atoms with Gasteiger partial charge in [0.1, 0.15) is 11.2 Å². The Morgan fingerprint density at radius 2 is 2.16 bits per heavy atom. The molecule has 130 valence electrons. The molecule has 2 aliphatic rings. The topological polar surface area (TPSA) is 51.8 Å². The number of thiophene rings is 1. The van der Waals surface area contributed by atoms with Gasteiger partial charge in [0.25, 0.3) is 5.91 Å². The number of amides is 1. The van der Waals surface area contributed by atoms with Gasteiger partial charge in [-0.05, 0) is 29.9 Å². The second-order valence-electron chi connectivity index (χ2n) is 6.88. The van der Waals surface area contributed by atoms with E-state index in [0.29, 0.717) is 5.56 Å². The Hall–Kier alpha value is -2.12. The molecule has 5 rings (SSSR count). The zero-order valence-electron chi connectivity index (χ0n) is 14.1. The molecule has 1 spiro atoms. The highest BCUT2D eigenvalue weighted by Gasteiger charge is 2.42. The van der Waals surface area contributed by atoms with Crippen molar-refractivity contribution in [1.29, 1.82) is 0 Å². The van der Waals surface area contributed by atoms with E-state index in [1.54, 1.807) is 10.7 Å². The fraction of sp³-hybridized carbons (Fsp3) is 0.444. The first-order valence-corrected chi connectivity index (χ1v) is 9.55. The van der Waals surface area contributed by atoms with Gasteiger partial charge in [-0.25, -0.2) is 4.52 Å². The summed E-state index contributed by atoms with van der Waals surface area (Å²) in [5, 5.41) is 6.45. The first-order valence-electron chi connectivity index (χ1n) is 8.67. The number of imidazole rings is 1. The van der Waals surface area contributed by atoms with E-state index >= 15 is 0 Å². The molecule has 0 N–H and O–H groups in total. The van der Waals surface area contributed by atoms with Crippen molar-refractivity contribution in [2.45, 2.75) is 24.9 Å². The molecule has 3 aromatic rings. The molecule has 0 aliphatic carbocycles. The Morgan fingerprint density at radius 1 is 1.32 bits per heavy atom. The normalized spacial score (nSPS) is 19.5.